The van der Waals surface area contributed by atoms with Crippen LogP contribution in [0.5, 0.6) is 11.5 Å². The van der Waals surface area contributed by atoms with Gasteiger partial charge in [0.2, 0.25) is 6.79 Å². The van der Waals surface area contributed by atoms with E-state index in [1.165, 1.54) is 16.7 Å². The number of hydrogen-bond acceptors (Lipinski definition) is 5. The topological polar surface area (TPSA) is 61.4 Å². The van der Waals surface area contributed by atoms with E-state index in [4.69, 9.17) is 14.5 Å². The SMILES string of the molecule is CCNC(=NCc1ccc(CN2CCN(C)CC2)cc1)NCCc1ccc2c(c1)OCO2. The van der Waals surface area contributed by atoms with E-state index in [0.29, 0.717) is 13.3 Å². The Labute approximate surface area is 191 Å². The lowest BCUT2D eigenvalue weighted by molar-refractivity contribution is 0.148. The van der Waals surface area contributed by atoms with E-state index in [1.54, 1.807) is 0 Å². The lowest BCUT2D eigenvalue weighted by Crippen LogP contribution is -2.43. The molecule has 2 aliphatic rings. The van der Waals surface area contributed by atoms with E-state index in [-0.39, 0.29) is 0 Å². The maximum absolute atomic E-state index is 5.46. The van der Waals surface area contributed by atoms with Gasteiger partial charge in [-0.3, -0.25) is 4.90 Å². The van der Waals surface area contributed by atoms with Crippen LogP contribution in [0.1, 0.15) is 23.6 Å². The van der Waals surface area contributed by atoms with Crippen molar-refractivity contribution in [2.45, 2.75) is 26.4 Å². The number of ether oxygens (including phenoxy) is 2. The van der Waals surface area contributed by atoms with Gasteiger partial charge in [-0.2, -0.15) is 0 Å². The highest BCUT2D eigenvalue weighted by atomic mass is 16.7. The Morgan fingerprint density at radius 2 is 1.62 bits per heavy atom. The number of nitrogens with one attached hydrogen (secondary N) is 2. The van der Waals surface area contributed by atoms with Gasteiger partial charge in [-0.25, -0.2) is 4.99 Å². The molecule has 0 aromatic heterocycles. The molecule has 2 heterocycles. The molecule has 0 bridgehead atoms. The molecule has 0 atom stereocenters. The van der Waals surface area contributed by atoms with Crippen LogP contribution in [0.2, 0.25) is 0 Å². The maximum atomic E-state index is 5.46. The first kappa shape index (κ1) is 22.4. The number of nitrogens with zero attached hydrogens (tertiary/aromatic N) is 3. The molecule has 2 aliphatic heterocycles. The van der Waals surface area contributed by atoms with Gasteiger partial charge in [0.1, 0.15) is 0 Å². The number of benzene rings is 2. The van der Waals surface area contributed by atoms with E-state index in [2.05, 4.69) is 70.8 Å². The first-order chi connectivity index (χ1) is 15.7. The maximum Gasteiger partial charge on any atom is 0.231 e. The summed E-state index contributed by atoms with van der Waals surface area (Å²) < 4.78 is 10.8. The molecule has 1 fully saturated rings. The minimum Gasteiger partial charge on any atom is -0.454 e. The second kappa shape index (κ2) is 11.2. The zero-order valence-electron chi connectivity index (χ0n) is 19.3. The lowest BCUT2D eigenvalue weighted by atomic mass is 10.1. The molecule has 0 spiro atoms. The van der Waals surface area contributed by atoms with Crippen molar-refractivity contribution in [3.05, 3.63) is 59.2 Å². The Bertz CT molecular complexity index is 892. The average molecular weight is 438 g/mol. The molecule has 0 saturated carbocycles. The standard InChI is InChI=1S/C25H35N5O2/c1-3-26-25(27-11-10-20-8-9-23-24(16-20)32-19-31-23)28-17-21-4-6-22(7-5-21)18-30-14-12-29(2)13-15-30/h4-9,16H,3,10-15,17-19H2,1-2H3,(H2,26,27,28). The second-order valence-electron chi connectivity index (χ2n) is 8.46. The van der Waals surface area contributed by atoms with Crippen molar-refractivity contribution < 1.29 is 9.47 Å². The summed E-state index contributed by atoms with van der Waals surface area (Å²) in [5.74, 6) is 2.50. The van der Waals surface area contributed by atoms with Crippen molar-refractivity contribution in [2.24, 2.45) is 4.99 Å². The quantitative estimate of drug-likeness (QED) is 0.489. The van der Waals surface area contributed by atoms with Crippen LogP contribution in [0.4, 0.5) is 0 Å². The van der Waals surface area contributed by atoms with E-state index in [1.807, 2.05) is 6.07 Å². The lowest BCUT2D eigenvalue weighted by Gasteiger charge is -2.32. The first-order valence-corrected chi connectivity index (χ1v) is 11.6. The number of likely N-dealkylation sites (N-methyl/N-ethyl adjacent to an activating group) is 1. The third-order valence-electron chi connectivity index (χ3n) is 5.93. The van der Waals surface area contributed by atoms with Crippen molar-refractivity contribution in [1.29, 1.82) is 0 Å². The molecule has 2 aromatic rings. The zero-order valence-corrected chi connectivity index (χ0v) is 19.3. The summed E-state index contributed by atoms with van der Waals surface area (Å²) in [6.45, 7) is 10.3. The fourth-order valence-corrected chi connectivity index (χ4v) is 3.95. The highest BCUT2D eigenvalue weighted by molar-refractivity contribution is 5.79. The minimum atomic E-state index is 0.311. The first-order valence-electron chi connectivity index (χ1n) is 11.6. The molecular formula is C25H35N5O2. The molecule has 4 rings (SSSR count). The highest BCUT2D eigenvalue weighted by Crippen LogP contribution is 2.32. The Morgan fingerprint density at radius 1 is 0.906 bits per heavy atom. The van der Waals surface area contributed by atoms with Crippen molar-refractivity contribution in [3.8, 4) is 11.5 Å². The Morgan fingerprint density at radius 3 is 2.41 bits per heavy atom. The van der Waals surface area contributed by atoms with Crippen molar-refractivity contribution in [3.63, 3.8) is 0 Å². The largest absolute Gasteiger partial charge is 0.454 e. The summed E-state index contributed by atoms with van der Waals surface area (Å²) in [5, 5.41) is 6.77. The summed E-state index contributed by atoms with van der Waals surface area (Å²) in [7, 11) is 2.19. The van der Waals surface area contributed by atoms with Crippen LogP contribution in [0, 0.1) is 0 Å². The number of fused-ring (bicyclic) bond motifs is 1. The van der Waals surface area contributed by atoms with Crippen molar-refractivity contribution in [2.75, 3.05) is 53.1 Å². The van der Waals surface area contributed by atoms with Gasteiger partial charge >= 0.3 is 0 Å². The van der Waals surface area contributed by atoms with E-state index in [9.17, 15) is 0 Å². The van der Waals surface area contributed by atoms with Gasteiger partial charge in [-0.1, -0.05) is 30.3 Å². The number of rotatable bonds is 8. The molecule has 0 radical (unpaired) electrons. The van der Waals surface area contributed by atoms with Gasteiger partial charge < -0.3 is 25.0 Å². The number of hydrogen-bond donors (Lipinski definition) is 2. The Kier molecular flexibility index (Phi) is 7.85. The number of aliphatic imine (C=N–C) groups is 1. The summed E-state index contributed by atoms with van der Waals surface area (Å²) in [6.07, 6.45) is 0.891. The summed E-state index contributed by atoms with van der Waals surface area (Å²) in [4.78, 5) is 9.68. The van der Waals surface area contributed by atoms with E-state index in [0.717, 1.165) is 69.7 Å². The molecular weight excluding hydrogens is 402 g/mol. The van der Waals surface area contributed by atoms with Crippen LogP contribution in [-0.4, -0.2) is 68.9 Å². The molecule has 2 N–H and O–H groups in total. The predicted octanol–water partition coefficient (Wildman–Crippen LogP) is 2.46. The molecule has 7 heteroatoms. The van der Waals surface area contributed by atoms with E-state index < -0.39 is 0 Å². The highest BCUT2D eigenvalue weighted by Gasteiger charge is 2.14. The van der Waals surface area contributed by atoms with Crippen LogP contribution < -0.4 is 20.1 Å². The molecule has 0 amide bonds. The summed E-state index contributed by atoms with van der Waals surface area (Å²) in [6, 6.07) is 15.0. The fourth-order valence-electron chi connectivity index (χ4n) is 3.95. The predicted molar refractivity (Wildman–Crippen MR) is 128 cm³/mol. The molecule has 1 saturated heterocycles. The average Bonchev–Trinajstić information content (AvgIpc) is 3.28. The Balaban J connectivity index is 1.25. The van der Waals surface area contributed by atoms with Crippen LogP contribution in [-0.2, 0) is 19.5 Å². The van der Waals surface area contributed by atoms with Crippen LogP contribution in [0.25, 0.3) is 0 Å². The van der Waals surface area contributed by atoms with Gasteiger partial charge in [0, 0.05) is 45.8 Å². The van der Waals surface area contributed by atoms with Crippen molar-refractivity contribution >= 4 is 5.96 Å². The van der Waals surface area contributed by atoms with Gasteiger partial charge in [-0.05, 0) is 49.2 Å². The van der Waals surface area contributed by atoms with Gasteiger partial charge in [-0.15, -0.1) is 0 Å². The number of guanidine groups is 1. The molecule has 0 unspecified atom stereocenters. The van der Waals surface area contributed by atoms with Crippen LogP contribution in [0.15, 0.2) is 47.5 Å². The molecule has 32 heavy (non-hydrogen) atoms. The second-order valence-corrected chi connectivity index (χ2v) is 8.46. The van der Waals surface area contributed by atoms with Crippen LogP contribution >= 0.6 is 0 Å². The molecule has 7 nitrogen and oxygen atoms in total. The van der Waals surface area contributed by atoms with Crippen molar-refractivity contribution in [1.82, 2.24) is 20.4 Å². The fraction of sp³-hybridized carbons (Fsp3) is 0.480. The molecule has 172 valence electrons. The smallest absolute Gasteiger partial charge is 0.231 e. The Hall–Kier alpha value is -2.77. The monoisotopic (exact) mass is 437 g/mol. The normalized spacial score (nSPS) is 16.9. The van der Waals surface area contributed by atoms with Gasteiger partial charge in [0.05, 0.1) is 6.54 Å². The third-order valence-corrected chi connectivity index (χ3v) is 5.93. The summed E-state index contributed by atoms with van der Waals surface area (Å²) >= 11 is 0. The van der Waals surface area contributed by atoms with Gasteiger partial charge in [0.25, 0.3) is 0 Å². The van der Waals surface area contributed by atoms with Gasteiger partial charge in [0.15, 0.2) is 17.5 Å². The third kappa shape index (κ3) is 6.37. The zero-order chi connectivity index (χ0) is 22.2. The summed E-state index contributed by atoms with van der Waals surface area (Å²) in [5.41, 5.74) is 3.81. The molecule has 0 aliphatic carbocycles. The number of piperazine rings is 1. The van der Waals surface area contributed by atoms with Crippen LogP contribution in [0.3, 0.4) is 0 Å². The minimum absolute atomic E-state index is 0.311. The molecule has 2 aromatic carbocycles. The van der Waals surface area contributed by atoms with E-state index >= 15 is 0 Å².